The molecule has 2 aromatic rings. The van der Waals surface area contributed by atoms with Gasteiger partial charge in [-0.25, -0.2) is 0 Å². The Hall–Kier alpha value is -1.98. The van der Waals surface area contributed by atoms with E-state index in [-0.39, 0.29) is 18.4 Å². The molecule has 0 fully saturated rings. The molecule has 2 heterocycles. The minimum Gasteiger partial charge on any atom is -0.387 e. The van der Waals surface area contributed by atoms with Crippen molar-refractivity contribution in [2.75, 3.05) is 6.54 Å². The van der Waals surface area contributed by atoms with Gasteiger partial charge in [0.15, 0.2) is 0 Å². The molecule has 1 N–H and O–H groups in total. The number of β-amino-alcohol motifs (C(OH)–C–C–N with tert-alkyl or cyclic N) is 1. The zero-order chi connectivity index (χ0) is 14.3. The SMILES string of the molecule is Cc1ccc2c(c1)C(=O)N(CC(O)c1ccsc1)C2=O. The first-order valence-corrected chi connectivity index (χ1v) is 7.19. The second-order valence-corrected chi connectivity index (χ2v) is 5.62. The molecule has 0 saturated heterocycles. The molecular weight excluding hydrogens is 274 g/mol. The summed E-state index contributed by atoms with van der Waals surface area (Å²) in [5, 5.41) is 13.8. The molecule has 1 aliphatic rings. The van der Waals surface area contributed by atoms with Crippen molar-refractivity contribution < 1.29 is 14.7 Å². The second-order valence-electron chi connectivity index (χ2n) is 4.84. The first-order chi connectivity index (χ1) is 9.58. The maximum absolute atomic E-state index is 12.3. The van der Waals surface area contributed by atoms with E-state index in [0.717, 1.165) is 16.0 Å². The second kappa shape index (κ2) is 4.85. The van der Waals surface area contributed by atoms with Crippen molar-refractivity contribution in [3.8, 4) is 0 Å². The highest BCUT2D eigenvalue weighted by Crippen LogP contribution is 2.26. The zero-order valence-corrected chi connectivity index (χ0v) is 11.7. The fourth-order valence-corrected chi connectivity index (χ4v) is 3.02. The van der Waals surface area contributed by atoms with Gasteiger partial charge in [-0.2, -0.15) is 11.3 Å². The Kier molecular flexibility index (Phi) is 3.16. The molecule has 5 heteroatoms. The summed E-state index contributed by atoms with van der Waals surface area (Å²) in [6.45, 7) is 1.86. The van der Waals surface area contributed by atoms with Gasteiger partial charge >= 0.3 is 0 Å². The van der Waals surface area contributed by atoms with E-state index >= 15 is 0 Å². The Labute approximate surface area is 120 Å². The van der Waals surface area contributed by atoms with Crippen LogP contribution in [0.3, 0.4) is 0 Å². The lowest BCUT2D eigenvalue weighted by Crippen LogP contribution is -2.33. The summed E-state index contributed by atoms with van der Waals surface area (Å²) in [7, 11) is 0. The van der Waals surface area contributed by atoms with Crippen molar-refractivity contribution in [3.63, 3.8) is 0 Å². The average Bonchev–Trinajstić information content (AvgIpc) is 3.03. The van der Waals surface area contributed by atoms with Gasteiger partial charge in [-0.1, -0.05) is 11.6 Å². The maximum Gasteiger partial charge on any atom is 0.261 e. The van der Waals surface area contributed by atoms with Crippen LogP contribution in [0.5, 0.6) is 0 Å². The van der Waals surface area contributed by atoms with E-state index in [1.165, 1.54) is 11.3 Å². The summed E-state index contributed by atoms with van der Waals surface area (Å²) in [5.74, 6) is -0.665. The number of nitrogens with zero attached hydrogens (tertiary/aromatic N) is 1. The van der Waals surface area contributed by atoms with Gasteiger partial charge in [0.05, 0.1) is 23.8 Å². The first kappa shape index (κ1) is 13.0. The lowest BCUT2D eigenvalue weighted by atomic mass is 10.1. The predicted molar refractivity (Wildman–Crippen MR) is 75.8 cm³/mol. The summed E-state index contributed by atoms with van der Waals surface area (Å²) in [6.07, 6.45) is -0.843. The number of carbonyl (C=O) groups excluding carboxylic acids is 2. The molecule has 0 radical (unpaired) electrons. The summed E-state index contributed by atoms with van der Waals surface area (Å²) in [6, 6.07) is 6.98. The van der Waals surface area contributed by atoms with E-state index in [0.29, 0.717) is 11.1 Å². The lowest BCUT2D eigenvalue weighted by Gasteiger charge is -2.17. The van der Waals surface area contributed by atoms with Gasteiger partial charge < -0.3 is 5.11 Å². The Morgan fingerprint density at radius 1 is 1.20 bits per heavy atom. The third-order valence-electron chi connectivity index (χ3n) is 3.41. The lowest BCUT2D eigenvalue weighted by molar-refractivity contribution is 0.0544. The number of hydrogen-bond acceptors (Lipinski definition) is 4. The Morgan fingerprint density at radius 2 is 1.95 bits per heavy atom. The predicted octanol–water partition coefficient (Wildman–Crippen LogP) is 2.39. The smallest absolute Gasteiger partial charge is 0.261 e. The number of imide groups is 1. The van der Waals surface area contributed by atoms with E-state index in [1.54, 1.807) is 18.2 Å². The van der Waals surface area contributed by atoms with Gasteiger partial charge in [-0.05, 0) is 41.4 Å². The van der Waals surface area contributed by atoms with Gasteiger partial charge in [0, 0.05) is 0 Å². The van der Waals surface area contributed by atoms with Crippen LogP contribution in [0, 0.1) is 6.92 Å². The molecule has 102 valence electrons. The van der Waals surface area contributed by atoms with Crippen LogP contribution in [0.25, 0.3) is 0 Å². The number of fused-ring (bicyclic) bond motifs is 1. The van der Waals surface area contributed by atoms with Crippen molar-refractivity contribution in [2.45, 2.75) is 13.0 Å². The molecule has 4 nitrogen and oxygen atoms in total. The van der Waals surface area contributed by atoms with E-state index in [9.17, 15) is 14.7 Å². The largest absolute Gasteiger partial charge is 0.387 e. The highest BCUT2D eigenvalue weighted by Gasteiger charge is 2.36. The minimum absolute atomic E-state index is 0.0118. The van der Waals surface area contributed by atoms with Crippen LogP contribution < -0.4 is 0 Å². The number of rotatable bonds is 3. The first-order valence-electron chi connectivity index (χ1n) is 6.25. The van der Waals surface area contributed by atoms with Crippen molar-refractivity contribution in [1.82, 2.24) is 4.90 Å². The van der Waals surface area contributed by atoms with Crippen LogP contribution in [0.4, 0.5) is 0 Å². The Bertz CT molecular complexity index is 678. The highest BCUT2D eigenvalue weighted by atomic mass is 32.1. The molecule has 3 rings (SSSR count). The van der Waals surface area contributed by atoms with Crippen LogP contribution >= 0.6 is 11.3 Å². The van der Waals surface area contributed by atoms with Crippen molar-refractivity contribution >= 4 is 23.2 Å². The summed E-state index contributed by atoms with van der Waals surface area (Å²) in [4.78, 5) is 25.6. The van der Waals surface area contributed by atoms with Crippen molar-refractivity contribution in [3.05, 3.63) is 57.3 Å². The van der Waals surface area contributed by atoms with E-state index in [4.69, 9.17) is 0 Å². The minimum atomic E-state index is -0.843. The molecule has 1 unspecified atom stereocenters. The standard InChI is InChI=1S/C15H13NO3S/c1-9-2-3-11-12(6-9)15(19)16(14(11)18)7-13(17)10-4-5-20-8-10/h2-6,8,13,17H,7H2,1H3. The van der Waals surface area contributed by atoms with Crippen molar-refractivity contribution in [2.24, 2.45) is 0 Å². The number of aliphatic hydroxyl groups is 1. The number of carbonyl (C=O) groups is 2. The molecule has 1 aliphatic heterocycles. The van der Waals surface area contributed by atoms with Crippen LogP contribution in [0.15, 0.2) is 35.0 Å². The third-order valence-corrected chi connectivity index (χ3v) is 4.11. The molecule has 1 aromatic heterocycles. The number of hydrogen-bond donors (Lipinski definition) is 1. The van der Waals surface area contributed by atoms with Crippen LogP contribution in [0.2, 0.25) is 0 Å². The zero-order valence-electron chi connectivity index (χ0n) is 10.9. The highest BCUT2D eigenvalue weighted by molar-refractivity contribution is 7.07. The Balaban J connectivity index is 1.86. The summed E-state index contributed by atoms with van der Waals surface area (Å²) in [5.41, 5.74) is 2.50. The van der Waals surface area contributed by atoms with E-state index < -0.39 is 6.10 Å². The van der Waals surface area contributed by atoms with Gasteiger partial charge in [0.2, 0.25) is 0 Å². The van der Waals surface area contributed by atoms with Gasteiger partial charge in [0.1, 0.15) is 0 Å². The third kappa shape index (κ3) is 2.05. The molecule has 0 bridgehead atoms. The molecule has 2 amide bonds. The molecular formula is C15H13NO3S. The molecule has 0 saturated carbocycles. The van der Waals surface area contributed by atoms with Gasteiger partial charge in [-0.15, -0.1) is 0 Å². The fourth-order valence-electron chi connectivity index (χ4n) is 2.31. The molecule has 1 atom stereocenters. The Morgan fingerprint density at radius 3 is 2.65 bits per heavy atom. The molecule has 1 aromatic carbocycles. The summed E-state index contributed by atoms with van der Waals surface area (Å²) < 4.78 is 0. The van der Waals surface area contributed by atoms with Crippen LogP contribution in [-0.2, 0) is 0 Å². The van der Waals surface area contributed by atoms with Crippen LogP contribution in [-0.4, -0.2) is 28.4 Å². The topological polar surface area (TPSA) is 57.6 Å². The molecule has 0 spiro atoms. The quantitative estimate of drug-likeness (QED) is 0.882. The van der Waals surface area contributed by atoms with Crippen LogP contribution in [0.1, 0.15) is 37.9 Å². The normalized spacial score (nSPS) is 15.6. The number of thiophene rings is 1. The number of amides is 2. The number of aryl methyl sites for hydroxylation is 1. The fraction of sp³-hybridized carbons (Fsp3) is 0.200. The molecule has 0 aliphatic carbocycles. The maximum atomic E-state index is 12.3. The van der Waals surface area contributed by atoms with E-state index in [2.05, 4.69) is 0 Å². The van der Waals surface area contributed by atoms with Gasteiger partial charge in [-0.3, -0.25) is 14.5 Å². The molecule has 20 heavy (non-hydrogen) atoms. The average molecular weight is 287 g/mol. The van der Waals surface area contributed by atoms with E-state index in [1.807, 2.05) is 23.8 Å². The van der Waals surface area contributed by atoms with Crippen molar-refractivity contribution in [1.29, 1.82) is 0 Å². The monoisotopic (exact) mass is 287 g/mol. The number of benzene rings is 1. The summed E-state index contributed by atoms with van der Waals surface area (Å²) >= 11 is 1.47. The number of aliphatic hydroxyl groups excluding tert-OH is 1. The van der Waals surface area contributed by atoms with Gasteiger partial charge in [0.25, 0.3) is 11.8 Å².